The van der Waals surface area contributed by atoms with Crippen molar-refractivity contribution < 1.29 is 14.4 Å². The molecular formula is C10H19NO3. The molecule has 1 unspecified atom stereocenters. The lowest BCUT2D eigenvalue weighted by Crippen LogP contribution is -2.43. The summed E-state index contributed by atoms with van der Waals surface area (Å²) in [5, 5.41) is 0. The lowest BCUT2D eigenvalue weighted by Gasteiger charge is -2.23. The van der Waals surface area contributed by atoms with Crippen molar-refractivity contribution in [2.45, 2.75) is 45.3 Å². The molecule has 0 spiro atoms. The van der Waals surface area contributed by atoms with Crippen LogP contribution in [0.1, 0.15) is 33.6 Å². The molecule has 0 heterocycles. The minimum atomic E-state index is -0.306. The van der Waals surface area contributed by atoms with Crippen LogP contribution in [-0.2, 0) is 14.4 Å². The normalized spacial score (nSPS) is 19.1. The maximum Gasteiger partial charge on any atom is 0.325 e. The van der Waals surface area contributed by atoms with Crippen LogP contribution in [0.4, 0.5) is 0 Å². The van der Waals surface area contributed by atoms with Gasteiger partial charge in [-0.2, -0.15) is 5.48 Å². The van der Waals surface area contributed by atoms with Crippen LogP contribution >= 0.6 is 0 Å². The van der Waals surface area contributed by atoms with Crippen molar-refractivity contribution in [2.24, 2.45) is 5.92 Å². The van der Waals surface area contributed by atoms with E-state index >= 15 is 0 Å². The molecule has 4 heteroatoms. The Kier molecular flexibility index (Phi) is 3.50. The zero-order chi connectivity index (χ0) is 10.8. The highest BCUT2D eigenvalue weighted by Gasteiger charge is 2.37. The third kappa shape index (κ3) is 3.64. The summed E-state index contributed by atoms with van der Waals surface area (Å²) in [6, 6.07) is -0.306. The summed E-state index contributed by atoms with van der Waals surface area (Å²) in [6.45, 7) is 5.80. The molecule has 1 rings (SSSR count). The first-order chi connectivity index (χ1) is 6.44. The molecular weight excluding hydrogens is 182 g/mol. The van der Waals surface area contributed by atoms with Crippen LogP contribution in [0.3, 0.4) is 0 Å². The molecule has 1 aliphatic rings. The fourth-order valence-corrected chi connectivity index (χ4v) is 1.13. The van der Waals surface area contributed by atoms with Gasteiger partial charge in [-0.25, -0.2) is 0 Å². The minimum Gasteiger partial charge on any atom is -0.468 e. The van der Waals surface area contributed by atoms with Crippen molar-refractivity contribution >= 4 is 5.97 Å². The molecule has 0 bridgehead atoms. The standard InChI is InChI=1S/C10H19NO3/c1-10(2,3)14-11-8(7-5-6-7)9(12)13-4/h7-8,11H,5-6H2,1-4H3. The van der Waals surface area contributed by atoms with Gasteiger partial charge in [-0.3, -0.25) is 9.63 Å². The number of carbonyl (C=O) groups excluding carboxylic acids is 1. The largest absolute Gasteiger partial charge is 0.468 e. The smallest absolute Gasteiger partial charge is 0.325 e. The topological polar surface area (TPSA) is 47.6 Å². The van der Waals surface area contributed by atoms with Crippen molar-refractivity contribution in [3.05, 3.63) is 0 Å². The van der Waals surface area contributed by atoms with Gasteiger partial charge in [0.2, 0.25) is 0 Å². The van der Waals surface area contributed by atoms with Gasteiger partial charge in [-0.15, -0.1) is 0 Å². The van der Waals surface area contributed by atoms with E-state index in [2.05, 4.69) is 5.48 Å². The summed E-state index contributed by atoms with van der Waals surface area (Å²) < 4.78 is 4.70. The molecule has 0 radical (unpaired) electrons. The molecule has 0 aromatic carbocycles. The van der Waals surface area contributed by atoms with Crippen LogP contribution in [-0.4, -0.2) is 24.7 Å². The van der Waals surface area contributed by atoms with Crippen LogP contribution in [0, 0.1) is 5.92 Å². The van der Waals surface area contributed by atoms with Crippen LogP contribution < -0.4 is 5.48 Å². The van der Waals surface area contributed by atoms with Crippen molar-refractivity contribution in [3.63, 3.8) is 0 Å². The summed E-state index contributed by atoms with van der Waals surface area (Å²) in [4.78, 5) is 16.7. The Balaban J connectivity index is 2.40. The molecule has 1 fully saturated rings. The van der Waals surface area contributed by atoms with E-state index in [0.717, 1.165) is 12.8 Å². The second kappa shape index (κ2) is 4.28. The summed E-state index contributed by atoms with van der Waals surface area (Å²) in [5.74, 6) is 0.140. The van der Waals surface area contributed by atoms with Crippen LogP contribution in [0.2, 0.25) is 0 Å². The Hall–Kier alpha value is -0.610. The number of nitrogens with one attached hydrogen (secondary N) is 1. The second-order valence-electron chi connectivity index (χ2n) is 4.67. The molecule has 1 saturated carbocycles. The summed E-state index contributed by atoms with van der Waals surface area (Å²) in [6.07, 6.45) is 2.14. The highest BCUT2D eigenvalue weighted by molar-refractivity contribution is 5.76. The highest BCUT2D eigenvalue weighted by Crippen LogP contribution is 2.33. The van der Waals surface area contributed by atoms with E-state index in [1.54, 1.807) is 0 Å². The zero-order valence-electron chi connectivity index (χ0n) is 9.29. The molecule has 1 aliphatic carbocycles. The van der Waals surface area contributed by atoms with Gasteiger partial charge in [-0.05, 0) is 39.5 Å². The first kappa shape index (κ1) is 11.5. The number of esters is 1. The van der Waals surface area contributed by atoms with E-state index in [1.807, 2.05) is 20.8 Å². The molecule has 1 atom stereocenters. The third-order valence-electron chi connectivity index (χ3n) is 2.04. The monoisotopic (exact) mass is 201 g/mol. The van der Waals surface area contributed by atoms with Crippen molar-refractivity contribution in [3.8, 4) is 0 Å². The molecule has 14 heavy (non-hydrogen) atoms. The number of methoxy groups -OCH3 is 1. The van der Waals surface area contributed by atoms with Gasteiger partial charge in [0.15, 0.2) is 0 Å². The van der Waals surface area contributed by atoms with Gasteiger partial charge in [0.25, 0.3) is 0 Å². The van der Waals surface area contributed by atoms with Crippen molar-refractivity contribution in [1.29, 1.82) is 0 Å². The average Bonchev–Trinajstić information content (AvgIpc) is 2.86. The minimum absolute atomic E-state index is 0.239. The fraction of sp³-hybridized carbons (Fsp3) is 0.900. The Morgan fingerprint density at radius 3 is 2.36 bits per heavy atom. The maximum atomic E-state index is 11.3. The van der Waals surface area contributed by atoms with Gasteiger partial charge < -0.3 is 4.74 Å². The van der Waals surface area contributed by atoms with Gasteiger partial charge in [-0.1, -0.05) is 0 Å². The van der Waals surface area contributed by atoms with E-state index in [-0.39, 0.29) is 17.6 Å². The van der Waals surface area contributed by atoms with Gasteiger partial charge in [0.05, 0.1) is 12.7 Å². The first-order valence-electron chi connectivity index (χ1n) is 4.95. The number of hydroxylamine groups is 1. The molecule has 0 amide bonds. The SMILES string of the molecule is COC(=O)C(NOC(C)(C)C)C1CC1. The number of carbonyl (C=O) groups is 1. The van der Waals surface area contributed by atoms with Crippen molar-refractivity contribution in [1.82, 2.24) is 5.48 Å². The zero-order valence-corrected chi connectivity index (χ0v) is 9.29. The molecule has 82 valence electrons. The van der Waals surface area contributed by atoms with E-state index in [9.17, 15) is 4.79 Å². The predicted molar refractivity (Wildman–Crippen MR) is 52.5 cm³/mol. The summed E-state index contributed by atoms with van der Waals surface area (Å²) in [5.41, 5.74) is 2.51. The average molecular weight is 201 g/mol. The Morgan fingerprint density at radius 2 is 2.00 bits per heavy atom. The lowest BCUT2D eigenvalue weighted by atomic mass is 10.2. The summed E-state index contributed by atoms with van der Waals surface area (Å²) in [7, 11) is 1.40. The van der Waals surface area contributed by atoms with E-state index < -0.39 is 0 Å². The molecule has 1 N–H and O–H groups in total. The van der Waals surface area contributed by atoms with Crippen molar-refractivity contribution in [2.75, 3.05) is 7.11 Å². The number of ether oxygens (including phenoxy) is 1. The van der Waals surface area contributed by atoms with Gasteiger partial charge in [0.1, 0.15) is 6.04 Å². The summed E-state index contributed by atoms with van der Waals surface area (Å²) >= 11 is 0. The number of hydrogen-bond donors (Lipinski definition) is 1. The molecule has 0 saturated heterocycles. The quantitative estimate of drug-likeness (QED) is 0.549. The molecule has 0 aliphatic heterocycles. The van der Waals surface area contributed by atoms with Gasteiger partial charge >= 0.3 is 5.97 Å². The Bertz CT molecular complexity index is 206. The highest BCUT2D eigenvalue weighted by atomic mass is 16.7. The first-order valence-corrected chi connectivity index (χ1v) is 4.95. The maximum absolute atomic E-state index is 11.3. The van der Waals surface area contributed by atoms with E-state index in [4.69, 9.17) is 9.57 Å². The second-order valence-corrected chi connectivity index (χ2v) is 4.67. The number of hydrogen-bond acceptors (Lipinski definition) is 4. The van der Waals surface area contributed by atoms with Crippen LogP contribution in [0.25, 0.3) is 0 Å². The van der Waals surface area contributed by atoms with Crippen LogP contribution in [0.5, 0.6) is 0 Å². The third-order valence-corrected chi connectivity index (χ3v) is 2.04. The predicted octanol–water partition coefficient (Wildman–Crippen LogP) is 1.26. The lowest BCUT2D eigenvalue weighted by molar-refractivity contribution is -0.155. The Morgan fingerprint density at radius 1 is 1.43 bits per heavy atom. The van der Waals surface area contributed by atoms with E-state index in [1.165, 1.54) is 7.11 Å². The Labute approximate surface area is 84.9 Å². The van der Waals surface area contributed by atoms with Gasteiger partial charge in [0, 0.05) is 0 Å². The fourth-order valence-electron chi connectivity index (χ4n) is 1.13. The van der Waals surface area contributed by atoms with E-state index in [0.29, 0.717) is 5.92 Å². The molecule has 4 nitrogen and oxygen atoms in total. The molecule has 0 aromatic rings. The number of rotatable bonds is 4. The molecule has 0 aromatic heterocycles. The van der Waals surface area contributed by atoms with Crippen LogP contribution in [0.15, 0.2) is 0 Å².